The predicted molar refractivity (Wildman–Crippen MR) is 61.8 cm³/mol. The van der Waals surface area contributed by atoms with Gasteiger partial charge in [0.1, 0.15) is 5.82 Å². The van der Waals surface area contributed by atoms with E-state index < -0.39 is 30.5 Å². The number of carbonyl (C=O) groups excluding carboxylic acids is 1. The number of carboxylic acids is 1. The van der Waals surface area contributed by atoms with E-state index in [0.29, 0.717) is 0 Å². The molecule has 0 fully saturated rings. The summed E-state index contributed by atoms with van der Waals surface area (Å²) in [5, 5.41) is 21.8. The third-order valence-electron chi connectivity index (χ3n) is 2.26. The maximum atomic E-state index is 13.2. The van der Waals surface area contributed by atoms with Gasteiger partial charge in [-0.2, -0.15) is 0 Å². The van der Waals surface area contributed by atoms with Crippen molar-refractivity contribution in [1.82, 2.24) is 5.32 Å². The number of carbonyl (C=O) groups is 2. The molecule has 1 atom stereocenters. The third-order valence-corrected chi connectivity index (χ3v) is 2.26. The SMILES string of the molecule is Cc1c(F)cccc1NC(=O)NC[C@H](O)C(=O)O. The molecule has 98 valence electrons. The van der Waals surface area contributed by atoms with Gasteiger partial charge in [0.25, 0.3) is 0 Å². The molecule has 0 aliphatic heterocycles. The lowest BCUT2D eigenvalue weighted by molar-refractivity contribution is -0.146. The van der Waals surface area contributed by atoms with Gasteiger partial charge in [0.2, 0.25) is 0 Å². The van der Waals surface area contributed by atoms with Gasteiger partial charge < -0.3 is 20.8 Å². The van der Waals surface area contributed by atoms with E-state index in [1.54, 1.807) is 0 Å². The zero-order valence-electron chi connectivity index (χ0n) is 9.61. The topological polar surface area (TPSA) is 98.7 Å². The number of aliphatic carboxylic acids is 1. The molecular formula is C11H13FN2O4. The summed E-state index contributed by atoms with van der Waals surface area (Å²) in [7, 11) is 0. The first kappa shape index (κ1) is 13.9. The largest absolute Gasteiger partial charge is 0.479 e. The fourth-order valence-electron chi connectivity index (χ4n) is 1.19. The van der Waals surface area contributed by atoms with Crippen molar-refractivity contribution in [2.24, 2.45) is 0 Å². The quantitative estimate of drug-likeness (QED) is 0.637. The molecule has 7 heteroatoms. The molecule has 2 amide bonds. The van der Waals surface area contributed by atoms with E-state index in [-0.39, 0.29) is 11.3 Å². The van der Waals surface area contributed by atoms with Crippen molar-refractivity contribution in [3.8, 4) is 0 Å². The Hall–Kier alpha value is -2.15. The Labute approximate surface area is 102 Å². The number of anilines is 1. The first-order valence-corrected chi connectivity index (χ1v) is 5.12. The van der Waals surface area contributed by atoms with Crippen molar-refractivity contribution in [3.63, 3.8) is 0 Å². The van der Waals surface area contributed by atoms with Gasteiger partial charge in [0.05, 0.1) is 6.54 Å². The molecule has 4 N–H and O–H groups in total. The van der Waals surface area contributed by atoms with Crippen molar-refractivity contribution < 1.29 is 24.2 Å². The number of carboxylic acid groups (broad SMARTS) is 1. The van der Waals surface area contributed by atoms with Crippen molar-refractivity contribution in [3.05, 3.63) is 29.6 Å². The summed E-state index contributed by atoms with van der Waals surface area (Å²) in [4.78, 5) is 21.7. The Morgan fingerprint density at radius 2 is 2.11 bits per heavy atom. The van der Waals surface area contributed by atoms with Crippen molar-refractivity contribution in [1.29, 1.82) is 0 Å². The van der Waals surface area contributed by atoms with Gasteiger partial charge in [-0.3, -0.25) is 0 Å². The minimum absolute atomic E-state index is 0.270. The molecule has 0 aromatic heterocycles. The molecule has 6 nitrogen and oxygen atoms in total. The Kier molecular flexibility index (Phi) is 4.61. The molecule has 0 radical (unpaired) electrons. The van der Waals surface area contributed by atoms with Crippen LogP contribution < -0.4 is 10.6 Å². The second kappa shape index (κ2) is 5.97. The molecule has 1 rings (SSSR count). The molecule has 1 aromatic carbocycles. The number of halogens is 1. The highest BCUT2D eigenvalue weighted by atomic mass is 19.1. The highest BCUT2D eigenvalue weighted by Gasteiger charge is 2.14. The predicted octanol–water partition coefficient (Wildman–Crippen LogP) is 0.701. The summed E-state index contributed by atoms with van der Waals surface area (Å²) >= 11 is 0. The van der Waals surface area contributed by atoms with E-state index in [4.69, 9.17) is 10.2 Å². The minimum atomic E-state index is -1.68. The molecule has 0 bridgehead atoms. The van der Waals surface area contributed by atoms with Gasteiger partial charge in [-0.1, -0.05) is 6.07 Å². The zero-order chi connectivity index (χ0) is 13.7. The molecule has 0 aliphatic rings. The van der Waals surface area contributed by atoms with Crippen LogP contribution in [0.2, 0.25) is 0 Å². The average molecular weight is 256 g/mol. The average Bonchev–Trinajstić information content (AvgIpc) is 2.32. The van der Waals surface area contributed by atoms with Gasteiger partial charge in [0, 0.05) is 11.3 Å². The molecule has 0 heterocycles. The number of hydrogen-bond donors (Lipinski definition) is 4. The number of aliphatic hydroxyl groups is 1. The molecule has 18 heavy (non-hydrogen) atoms. The normalized spacial score (nSPS) is 11.7. The van der Waals surface area contributed by atoms with Gasteiger partial charge >= 0.3 is 12.0 Å². The summed E-state index contributed by atoms with van der Waals surface area (Å²) in [6, 6.07) is 3.48. The number of aliphatic hydroxyl groups excluding tert-OH is 1. The van der Waals surface area contributed by atoms with Gasteiger partial charge in [-0.15, -0.1) is 0 Å². The molecule has 1 aromatic rings. The van der Waals surface area contributed by atoms with E-state index in [0.717, 1.165) is 0 Å². The lowest BCUT2D eigenvalue weighted by Crippen LogP contribution is -2.38. The van der Waals surface area contributed by atoms with Gasteiger partial charge in [0.15, 0.2) is 6.10 Å². The zero-order valence-corrected chi connectivity index (χ0v) is 9.61. The van der Waals surface area contributed by atoms with Crippen LogP contribution in [-0.4, -0.2) is 34.9 Å². The molecule has 0 unspecified atom stereocenters. The van der Waals surface area contributed by atoms with E-state index in [1.165, 1.54) is 25.1 Å². The Bertz CT molecular complexity index is 464. The molecule has 0 saturated heterocycles. The minimum Gasteiger partial charge on any atom is -0.479 e. The third kappa shape index (κ3) is 3.70. The molecule has 0 spiro atoms. The van der Waals surface area contributed by atoms with Crippen LogP contribution in [0.15, 0.2) is 18.2 Å². The van der Waals surface area contributed by atoms with Crippen molar-refractivity contribution >= 4 is 17.7 Å². The van der Waals surface area contributed by atoms with Crippen LogP contribution in [0.3, 0.4) is 0 Å². The second-order valence-corrected chi connectivity index (χ2v) is 3.60. The fraction of sp³-hybridized carbons (Fsp3) is 0.273. The molecule has 0 saturated carbocycles. The van der Waals surface area contributed by atoms with Gasteiger partial charge in [-0.05, 0) is 19.1 Å². The van der Waals surface area contributed by atoms with Crippen LogP contribution in [0.4, 0.5) is 14.9 Å². The monoisotopic (exact) mass is 256 g/mol. The fourth-order valence-corrected chi connectivity index (χ4v) is 1.19. The summed E-state index contributed by atoms with van der Waals surface area (Å²) in [5.41, 5.74) is 0.545. The van der Waals surface area contributed by atoms with Crippen LogP contribution >= 0.6 is 0 Å². The van der Waals surface area contributed by atoms with Gasteiger partial charge in [-0.25, -0.2) is 14.0 Å². The van der Waals surface area contributed by atoms with Crippen LogP contribution in [-0.2, 0) is 4.79 Å². The molecular weight excluding hydrogens is 243 g/mol. The highest BCUT2D eigenvalue weighted by Crippen LogP contribution is 2.16. The maximum Gasteiger partial charge on any atom is 0.334 e. The number of urea groups is 1. The summed E-state index contributed by atoms with van der Waals surface area (Å²) < 4.78 is 13.2. The standard InChI is InChI=1S/C11H13FN2O4/c1-6-7(12)3-2-4-8(6)14-11(18)13-5-9(15)10(16)17/h2-4,9,15H,5H2,1H3,(H,16,17)(H2,13,14,18)/t9-/m0/s1. The van der Waals surface area contributed by atoms with Crippen LogP contribution in [0, 0.1) is 12.7 Å². The number of rotatable bonds is 4. The number of hydrogen-bond acceptors (Lipinski definition) is 3. The van der Waals surface area contributed by atoms with Crippen molar-refractivity contribution in [2.75, 3.05) is 11.9 Å². The summed E-state index contributed by atoms with van der Waals surface area (Å²) in [5.74, 6) is -1.89. The summed E-state index contributed by atoms with van der Waals surface area (Å²) in [6.45, 7) is 1.06. The Balaban J connectivity index is 2.55. The number of nitrogens with one attached hydrogen (secondary N) is 2. The smallest absolute Gasteiger partial charge is 0.334 e. The van der Waals surface area contributed by atoms with Crippen LogP contribution in [0.1, 0.15) is 5.56 Å². The Morgan fingerprint density at radius 1 is 1.44 bits per heavy atom. The molecule has 0 aliphatic carbocycles. The van der Waals surface area contributed by atoms with E-state index >= 15 is 0 Å². The summed E-state index contributed by atoms with van der Waals surface area (Å²) in [6.07, 6.45) is -1.68. The van der Waals surface area contributed by atoms with E-state index in [2.05, 4.69) is 10.6 Å². The second-order valence-electron chi connectivity index (χ2n) is 3.60. The first-order chi connectivity index (χ1) is 8.41. The highest BCUT2D eigenvalue weighted by molar-refractivity contribution is 5.90. The van der Waals surface area contributed by atoms with E-state index in [9.17, 15) is 14.0 Å². The maximum absolute atomic E-state index is 13.2. The number of amides is 2. The van der Waals surface area contributed by atoms with Crippen LogP contribution in [0.25, 0.3) is 0 Å². The van der Waals surface area contributed by atoms with E-state index in [1.807, 2.05) is 0 Å². The lowest BCUT2D eigenvalue weighted by Gasteiger charge is -2.11. The van der Waals surface area contributed by atoms with Crippen LogP contribution in [0.5, 0.6) is 0 Å². The van der Waals surface area contributed by atoms with Crippen molar-refractivity contribution in [2.45, 2.75) is 13.0 Å². The first-order valence-electron chi connectivity index (χ1n) is 5.12. The lowest BCUT2D eigenvalue weighted by atomic mass is 10.2. The number of benzene rings is 1. The Morgan fingerprint density at radius 3 is 2.72 bits per heavy atom.